The van der Waals surface area contributed by atoms with Gasteiger partial charge in [0.15, 0.2) is 0 Å². The first-order chi connectivity index (χ1) is 13.3. The number of aryl methyl sites for hydroxylation is 1. The molecule has 0 saturated heterocycles. The number of rotatable bonds is 10. The van der Waals surface area contributed by atoms with Gasteiger partial charge in [0.1, 0.15) is 0 Å². The fourth-order valence-electron chi connectivity index (χ4n) is 5.48. The molecule has 1 heterocycles. The fourth-order valence-corrected chi connectivity index (χ4v) is 5.48. The highest BCUT2D eigenvalue weighted by Crippen LogP contribution is 2.47. The van der Waals surface area contributed by atoms with Crippen LogP contribution in [0.15, 0.2) is 30.5 Å². The van der Waals surface area contributed by atoms with Crippen LogP contribution in [0.3, 0.4) is 0 Å². The van der Waals surface area contributed by atoms with Gasteiger partial charge >= 0.3 is 0 Å². The number of hydrogen-bond acceptors (Lipinski definition) is 0. The van der Waals surface area contributed by atoms with Gasteiger partial charge in [-0.15, -0.1) is 0 Å². The van der Waals surface area contributed by atoms with Crippen LogP contribution in [0.5, 0.6) is 0 Å². The molecule has 1 unspecified atom stereocenters. The molecule has 150 valence electrons. The Balaban J connectivity index is 1.92. The molecule has 0 bridgehead atoms. The summed E-state index contributed by atoms with van der Waals surface area (Å²) >= 11 is 0. The molecule has 1 saturated carbocycles. The molecule has 0 aliphatic heterocycles. The van der Waals surface area contributed by atoms with E-state index in [9.17, 15) is 0 Å². The lowest BCUT2D eigenvalue weighted by Crippen LogP contribution is -2.36. The molecule has 3 rings (SSSR count). The average molecular weight is 368 g/mol. The molecule has 1 fully saturated rings. The van der Waals surface area contributed by atoms with Crippen LogP contribution in [-0.2, 0) is 18.3 Å². The summed E-state index contributed by atoms with van der Waals surface area (Å²) in [5.74, 6) is 0.805. The summed E-state index contributed by atoms with van der Waals surface area (Å²) in [5.41, 5.74) is 5.11. The van der Waals surface area contributed by atoms with Crippen molar-refractivity contribution in [3.05, 3.63) is 47.3 Å². The second-order valence-electron chi connectivity index (χ2n) is 8.95. The van der Waals surface area contributed by atoms with Crippen LogP contribution in [0.2, 0.25) is 0 Å². The number of aromatic amines is 1. The van der Waals surface area contributed by atoms with Crippen molar-refractivity contribution >= 4 is 0 Å². The largest absolute Gasteiger partial charge is 0.364 e. The molecule has 1 nitrogen and oxygen atoms in total. The van der Waals surface area contributed by atoms with Gasteiger partial charge in [0.05, 0.1) is 0 Å². The van der Waals surface area contributed by atoms with E-state index in [0.29, 0.717) is 0 Å². The van der Waals surface area contributed by atoms with E-state index in [0.717, 1.165) is 5.92 Å². The summed E-state index contributed by atoms with van der Waals surface area (Å²) in [6, 6.07) is 0. The molecular formula is C26H41N. The van der Waals surface area contributed by atoms with Gasteiger partial charge < -0.3 is 4.98 Å². The Hall–Kier alpha value is -1.24. The number of hydrogen-bond donors (Lipinski definition) is 1. The van der Waals surface area contributed by atoms with E-state index >= 15 is 0 Å². The molecule has 0 radical (unpaired) electrons. The summed E-state index contributed by atoms with van der Waals surface area (Å²) in [7, 11) is 0. The second kappa shape index (κ2) is 10.3. The predicted molar refractivity (Wildman–Crippen MR) is 118 cm³/mol. The fraction of sp³-hybridized carbons (Fsp3) is 0.692. The Kier molecular flexibility index (Phi) is 7.85. The van der Waals surface area contributed by atoms with E-state index in [1.54, 1.807) is 16.8 Å². The third-order valence-electron chi connectivity index (χ3n) is 7.06. The first kappa shape index (κ1) is 20.5. The Morgan fingerprint density at radius 2 is 1.67 bits per heavy atom. The van der Waals surface area contributed by atoms with Gasteiger partial charge in [-0.2, -0.15) is 0 Å². The van der Waals surface area contributed by atoms with Crippen molar-refractivity contribution < 1.29 is 0 Å². The predicted octanol–water partition coefficient (Wildman–Crippen LogP) is 7.81. The van der Waals surface area contributed by atoms with Crippen LogP contribution in [-0.4, -0.2) is 4.98 Å². The van der Waals surface area contributed by atoms with Crippen molar-refractivity contribution in [3.8, 4) is 0 Å². The molecule has 2 aliphatic rings. The molecule has 27 heavy (non-hydrogen) atoms. The molecule has 1 aromatic heterocycles. The van der Waals surface area contributed by atoms with Crippen molar-refractivity contribution in [2.75, 3.05) is 0 Å². The van der Waals surface area contributed by atoms with Crippen molar-refractivity contribution in [2.45, 2.75) is 109 Å². The molecule has 0 spiro atoms. The number of unbranched alkanes of at least 4 members (excludes halogenated alkanes) is 4. The number of allylic oxidation sites excluding steroid dienone is 4. The van der Waals surface area contributed by atoms with Gasteiger partial charge in [-0.1, -0.05) is 83.1 Å². The highest BCUT2D eigenvalue weighted by molar-refractivity contribution is 5.43. The standard InChI is InChI=1S/C26H41N/c1-3-5-9-15-22-21-27-25(24(22)18-10-6-4-2)26(19-13-8-14-20-26)23-16-11-7-12-17-23/h8,13-14,19,21,23,27H,3-7,9-12,15-18,20H2,1-2H3. The minimum absolute atomic E-state index is 0.222. The first-order valence-corrected chi connectivity index (χ1v) is 11.9. The molecule has 0 amide bonds. The Bertz CT molecular complexity index is 614. The number of H-pyrrole nitrogens is 1. The quantitative estimate of drug-likeness (QED) is 0.406. The highest BCUT2D eigenvalue weighted by atomic mass is 14.7. The maximum absolute atomic E-state index is 3.85. The Morgan fingerprint density at radius 3 is 2.33 bits per heavy atom. The van der Waals surface area contributed by atoms with Gasteiger partial charge in [0.2, 0.25) is 0 Å². The maximum Gasteiger partial charge on any atom is 0.0351 e. The average Bonchev–Trinajstić information content (AvgIpc) is 3.13. The molecule has 1 N–H and O–H groups in total. The van der Waals surface area contributed by atoms with E-state index in [1.165, 1.54) is 89.9 Å². The van der Waals surface area contributed by atoms with Crippen LogP contribution in [0.25, 0.3) is 0 Å². The minimum atomic E-state index is 0.222. The second-order valence-corrected chi connectivity index (χ2v) is 8.95. The smallest absolute Gasteiger partial charge is 0.0351 e. The van der Waals surface area contributed by atoms with Crippen molar-refractivity contribution in [3.63, 3.8) is 0 Å². The third-order valence-corrected chi connectivity index (χ3v) is 7.06. The number of aromatic nitrogens is 1. The van der Waals surface area contributed by atoms with Crippen molar-refractivity contribution in [1.29, 1.82) is 0 Å². The van der Waals surface area contributed by atoms with Gasteiger partial charge in [-0.3, -0.25) is 0 Å². The van der Waals surface area contributed by atoms with Crippen LogP contribution in [0.1, 0.15) is 108 Å². The topological polar surface area (TPSA) is 15.8 Å². The summed E-state index contributed by atoms with van der Waals surface area (Å²) in [5, 5.41) is 0. The highest BCUT2D eigenvalue weighted by Gasteiger charge is 2.41. The van der Waals surface area contributed by atoms with Gasteiger partial charge in [0, 0.05) is 17.3 Å². The Morgan fingerprint density at radius 1 is 0.926 bits per heavy atom. The van der Waals surface area contributed by atoms with Crippen LogP contribution in [0.4, 0.5) is 0 Å². The van der Waals surface area contributed by atoms with Crippen LogP contribution in [0, 0.1) is 5.92 Å². The zero-order valence-corrected chi connectivity index (χ0v) is 17.9. The Labute approximate surface area is 167 Å². The van der Waals surface area contributed by atoms with Crippen LogP contribution < -0.4 is 0 Å². The molecule has 2 aliphatic carbocycles. The summed E-state index contributed by atoms with van der Waals surface area (Å²) in [6.45, 7) is 4.63. The van der Waals surface area contributed by atoms with E-state index in [-0.39, 0.29) is 5.41 Å². The van der Waals surface area contributed by atoms with E-state index in [1.807, 2.05) is 0 Å². The summed E-state index contributed by atoms with van der Waals surface area (Å²) in [4.78, 5) is 3.85. The molecular weight excluding hydrogens is 326 g/mol. The van der Waals surface area contributed by atoms with Crippen LogP contribution >= 0.6 is 0 Å². The lowest BCUT2D eigenvalue weighted by Gasteiger charge is -2.42. The van der Waals surface area contributed by atoms with Gasteiger partial charge in [0.25, 0.3) is 0 Å². The monoisotopic (exact) mass is 367 g/mol. The molecule has 1 aromatic rings. The summed E-state index contributed by atoms with van der Waals surface area (Å²) in [6.07, 6.45) is 30.7. The van der Waals surface area contributed by atoms with E-state index < -0.39 is 0 Å². The summed E-state index contributed by atoms with van der Waals surface area (Å²) < 4.78 is 0. The maximum atomic E-state index is 3.85. The third kappa shape index (κ3) is 4.79. The minimum Gasteiger partial charge on any atom is -0.364 e. The lowest BCUT2D eigenvalue weighted by molar-refractivity contribution is 0.240. The van der Waals surface area contributed by atoms with E-state index in [4.69, 9.17) is 0 Å². The zero-order valence-electron chi connectivity index (χ0n) is 17.9. The zero-order chi connectivity index (χ0) is 19.0. The van der Waals surface area contributed by atoms with Gasteiger partial charge in [-0.25, -0.2) is 0 Å². The number of nitrogens with one attached hydrogen (secondary N) is 1. The molecule has 1 heteroatoms. The van der Waals surface area contributed by atoms with Gasteiger partial charge in [-0.05, 0) is 62.0 Å². The SMILES string of the molecule is CCCCCc1c[nH]c(C2(C3CCCCC3)C=CC=CC2)c1CCCCC. The van der Waals surface area contributed by atoms with Crippen molar-refractivity contribution in [2.24, 2.45) is 5.92 Å². The van der Waals surface area contributed by atoms with Crippen molar-refractivity contribution in [1.82, 2.24) is 4.98 Å². The van der Waals surface area contributed by atoms with E-state index in [2.05, 4.69) is 49.3 Å². The molecule has 0 aromatic carbocycles. The lowest BCUT2D eigenvalue weighted by atomic mass is 9.63. The normalized spacial score (nSPS) is 23.2. The first-order valence-electron chi connectivity index (χ1n) is 11.9. The molecule has 1 atom stereocenters.